The molecule has 0 bridgehead atoms. The first-order valence-corrected chi connectivity index (χ1v) is 7.32. The second kappa shape index (κ2) is 8.17. The lowest BCUT2D eigenvalue weighted by Crippen LogP contribution is -2.26. The summed E-state index contributed by atoms with van der Waals surface area (Å²) in [4.78, 5) is 11.8. The number of carbonyl (C=O) groups is 1. The molecule has 0 aromatic heterocycles. The zero-order valence-electron chi connectivity index (χ0n) is 12.6. The van der Waals surface area contributed by atoms with Crippen molar-refractivity contribution in [3.8, 4) is 5.75 Å². The number of nitrogens with one attached hydrogen (secondary N) is 1. The zero-order chi connectivity index (χ0) is 15.8. The van der Waals surface area contributed by atoms with Gasteiger partial charge >= 0.3 is 0 Å². The summed E-state index contributed by atoms with van der Waals surface area (Å²) in [6.45, 7) is 0.561. The van der Waals surface area contributed by atoms with E-state index in [1.54, 1.807) is 25.3 Å². The van der Waals surface area contributed by atoms with Crippen molar-refractivity contribution < 1.29 is 13.9 Å². The molecule has 0 saturated heterocycles. The van der Waals surface area contributed by atoms with Crippen molar-refractivity contribution in [2.75, 3.05) is 13.7 Å². The maximum absolute atomic E-state index is 13.4. The van der Waals surface area contributed by atoms with Crippen molar-refractivity contribution in [1.82, 2.24) is 5.32 Å². The summed E-state index contributed by atoms with van der Waals surface area (Å²) in [6.07, 6.45) is 1.70. The Balaban J connectivity index is 1.75. The second-order valence-electron chi connectivity index (χ2n) is 5.03. The number of methoxy groups -OCH3 is 1. The third kappa shape index (κ3) is 4.58. The number of para-hydroxylation sites is 1. The Morgan fingerprint density at radius 3 is 2.50 bits per heavy atom. The number of amides is 1. The van der Waals surface area contributed by atoms with Gasteiger partial charge in [0.2, 0.25) is 5.91 Å². The molecular weight excluding hydrogens is 281 g/mol. The number of hydrogen-bond acceptors (Lipinski definition) is 2. The molecule has 0 aliphatic rings. The molecule has 116 valence electrons. The van der Waals surface area contributed by atoms with E-state index in [1.807, 2.05) is 24.3 Å². The van der Waals surface area contributed by atoms with E-state index in [4.69, 9.17) is 4.74 Å². The van der Waals surface area contributed by atoms with Crippen LogP contribution < -0.4 is 10.1 Å². The molecule has 0 atom stereocenters. The van der Waals surface area contributed by atoms with Gasteiger partial charge < -0.3 is 10.1 Å². The van der Waals surface area contributed by atoms with Crippen molar-refractivity contribution in [3.63, 3.8) is 0 Å². The fraction of sp³-hybridized carbons (Fsp3) is 0.278. The van der Waals surface area contributed by atoms with Crippen LogP contribution in [0.2, 0.25) is 0 Å². The maximum atomic E-state index is 13.4. The summed E-state index contributed by atoms with van der Waals surface area (Å²) in [5.74, 6) is 0.358. The number of benzene rings is 2. The van der Waals surface area contributed by atoms with Crippen molar-refractivity contribution in [2.45, 2.75) is 19.3 Å². The van der Waals surface area contributed by atoms with E-state index in [0.29, 0.717) is 12.1 Å². The second-order valence-corrected chi connectivity index (χ2v) is 5.03. The molecule has 0 fully saturated rings. The van der Waals surface area contributed by atoms with E-state index in [0.717, 1.165) is 24.2 Å². The average molecular weight is 301 g/mol. The average Bonchev–Trinajstić information content (AvgIpc) is 2.54. The Bertz CT molecular complexity index is 628. The Morgan fingerprint density at radius 1 is 1.09 bits per heavy atom. The van der Waals surface area contributed by atoms with E-state index < -0.39 is 0 Å². The summed E-state index contributed by atoms with van der Waals surface area (Å²) in [5, 5.41) is 2.82. The molecule has 2 aromatic rings. The third-order valence-electron chi connectivity index (χ3n) is 3.45. The van der Waals surface area contributed by atoms with Crippen LogP contribution in [0.1, 0.15) is 17.5 Å². The van der Waals surface area contributed by atoms with E-state index in [1.165, 1.54) is 6.07 Å². The van der Waals surface area contributed by atoms with Gasteiger partial charge in [-0.05, 0) is 36.1 Å². The van der Waals surface area contributed by atoms with Crippen LogP contribution >= 0.6 is 0 Å². The maximum Gasteiger partial charge on any atom is 0.224 e. The minimum atomic E-state index is -0.341. The number of hydrogen-bond donors (Lipinski definition) is 1. The van der Waals surface area contributed by atoms with Gasteiger partial charge in [-0.2, -0.15) is 0 Å². The van der Waals surface area contributed by atoms with Gasteiger partial charge in [0.25, 0.3) is 0 Å². The Hall–Kier alpha value is -2.36. The van der Waals surface area contributed by atoms with Crippen LogP contribution in [0.3, 0.4) is 0 Å². The molecule has 0 saturated carbocycles. The van der Waals surface area contributed by atoms with Crippen molar-refractivity contribution in [1.29, 1.82) is 0 Å². The monoisotopic (exact) mass is 301 g/mol. The molecule has 0 radical (unpaired) electrons. The van der Waals surface area contributed by atoms with Crippen LogP contribution in [0.25, 0.3) is 0 Å². The van der Waals surface area contributed by atoms with Gasteiger partial charge in [0, 0.05) is 6.54 Å². The molecule has 0 heterocycles. The highest BCUT2D eigenvalue weighted by molar-refractivity contribution is 5.78. The first-order valence-electron chi connectivity index (χ1n) is 7.32. The molecule has 0 aliphatic carbocycles. The Morgan fingerprint density at radius 2 is 1.77 bits per heavy atom. The van der Waals surface area contributed by atoms with Gasteiger partial charge in [0.1, 0.15) is 11.6 Å². The van der Waals surface area contributed by atoms with Crippen molar-refractivity contribution in [2.24, 2.45) is 0 Å². The Labute approximate surface area is 130 Å². The molecule has 2 rings (SSSR count). The SMILES string of the molecule is COc1ccccc1CCCNC(=O)Cc1ccccc1F. The van der Waals surface area contributed by atoms with Gasteiger partial charge in [0.15, 0.2) is 0 Å². The van der Waals surface area contributed by atoms with Crippen molar-refractivity contribution >= 4 is 5.91 Å². The number of halogens is 1. The van der Waals surface area contributed by atoms with Gasteiger partial charge in [-0.3, -0.25) is 4.79 Å². The number of ether oxygens (including phenoxy) is 1. The molecule has 0 unspecified atom stereocenters. The van der Waals surface area contributed by atoms with E-state index >= 15 is 0 Å². The molecule has 1 amide bonds. The van der Waals surface area contributed by atoms with Gasteiger partial charge in [0.05, 0.1) is 13.5 Å². The minimum absolute atomic E-state index is 0.0708. The molecule has 0 spiro atoms. The number of rotatable bonds is 7. The summed E-state index contributed by atoms with van der Waals surface area (Å²) in [6, 6.07) is 14.2. The molecule has 3 nitrogen and oxygen atoms in total. The third-order valence-corrected chi connectivity index (χ3v) is 3.45. The molecule has 0 aliphatic heterocycles. The van der Waals surface area contributed by atoms with Crippen molar-refractivity contribution in [3.05, 3.63) is 65.5 Å². The topological polar surface area (TPSA) is 38.3 Å². The minimum Gasteiger partial charge on any atom is -0.496 e. The lowest BCUT2D eigenvalue weighted by atomic mass is 10.1. The summed E-state index contributed by atoms with van der Waals surface area (Å²) in [7, 11) is 1.65. The lowest BCUT2D eigenvalue weighted by molar-refractivity contribution is -0.120. The predicted octanol–water partition coefficient (Wildman–Crippen LogP) is 3.13. The van der Waals surface area contributed by atoms with E-state index in [9.17, 15) is 9.18 Å². The molecule has 2 aromatic carbocycles. The highest BCUT2D eigenvalue weighted by Crippen LogP contribution is 2.18. The highest BCUT2D eigenvalue weighted by atomic mass is 19.1. The van der Waals surface area contributed by atoms with Crippen LogP contribution in [0.5, 0.6) is 5.75 Å². The summed E-state index contributed by atoms with van der Waals surface area (Å²) >= 11 is 0. The first kappa shape index (κ1) is 16.0. The van der Waals surface area contributed by atoms with Gasteiger partial charge in [-0.25, -0.2) is 4.39 Å². The van der Waals surface area contributed by atoms with Crippen LogP contribution in [-0.4, -0.2) is 19.6 Å². The van der Waals surface area contributed by atoms with E-state index in [2.05, 4.69) is 5.32 Å². The largest absolute Gasteiger partial charge is 0.496 e. The van der Waals surface area contributed by atoms with E-state index in [-0.39, 0.29) is 18.1 Å². The fourth-order valence-corrected chi connectivity index (χ4v) is 2.29. The quantitative estimate of drug-likeness (QED) is 0.798. The number of carbonyl (C=O) groups excluding carboxylic acids is 1. The van der Waals surface area contributed by atoms with Gasteiger partial charge in [-0.15, -0.1) is 0 Å². The van der Waals surface area contributed by atoms with Crippen LogP contribution in [0.15, 0.2) is 48.5 Å². The zero-order valence-corrected chi connectivity index (χ0v) is 12.6. The summed E-state index contributed by atoms with van der Waals surface area (Å²) in [5.41, 5.74) is 1.54. The molecule has 4 heteroatoms. The summed E-state index contributed by atoms with van der Waals surface area (Å²) < 4.78 is 18.7. The van der Waals surface area contributed by atoms with Crippen LogP contribution in [0.4, 0.5) is 4.39 Å². The smallest absolute Gasteiger partial charge is 0.224 e. The van der Waals surface area contributed by atoms with Gasteiger partial charge in [-0.1, -0.05) is 36.4 Å². The molecule has 1 N–H and O–H groups in total. The lowest BCUT2D eigenvalue weighted by Gasteiger charge is -2.09. The molecular formula is C18H20FNO2. The number of aryl methyl sites for hydroxylation is 1. The fourth-order valence-electron chi connectivity index (χ4n) is 2.29. The highest BCUT2D eigenvalue weighted by Gasteiger charge is 2.07. The molecule has 22 heavy (non-hydrogen) atoms. The van der Waals surface area contributed by atoms with Crippen LogP contribution in [0, 0.1) is 5.82 Å². The predicted molar refractivity (Wildman–Crippen MR) is 84.4 cm³/mol. The van der Waals surface area contributed by atoms with Crippen LogP contribution in [-0.2, 0) is 17.6 Å². The standard InChI is InChI=1S/C18H20FNO2/c1-22-17-11-5-3-7-14(17)9-6-12-20-18(21)13-15-8-2-4-10-16(15)19/h2-5,7-8,10-11H,6,9,12-13H2,1H3,(H,20,21). The Kier molecular flexibility index (Phi) is 5.95. The first-order chi connectivity index (χ1) is 10.7. The normalized spacial score (nSPS) is 10.3.